The van der Waals surface area contributed by atoms with Crippen molar-refractivity contribution in [1.29, 1.82) is 0 Å². The molecule has 1 rings (SSSR count). The number of halogens is 1. The van der Waals surface area contributed by atoms with Crippen LogP contribution in [0.25, 0.3) is 0 Å². The highest BCUT2D eigenvalue weighted by molar-refractivity contribution is 5.97. The van der Waals surface area contributed by atoms with Crippen molar-refractivity contribution in [3.8, 4) is 0 Å². The lowest BCUT2D eigenvalue weighted by molar-refractivity contribution is -0.140. The molecule has 18 heavy (non-hydrogen) atoms. The van der Waals surface area contributed by atoms with Crippen LogP contribution in [0.2, 0.25) is 0 Å². The zero-order chi connectivity index (χ0) is 13.7. The van der Waals surface area contributed by atoms with Crippen molar-refractivity contribution in [2.75, 3.05) is 0 Å². The van der Waals surface area contributed by atoms with Crippen LogP contribution in [-0.2, 0) is 9.59 Å². The molecule has 0 aliphatic heterocycles. The Hall–Kier alpha value is -2.51. The molecule has 0 aliphatic carbocycles. The second-order valence-corrected chi connectivity index (χ2v) is 3.43. The second kappa shape index (κ2) is 5.71. The molecule has 96 valence electrons. The summed E-state index contributed by atoms with van der Waals surface area (Å²) in [6.07, 6.45) is 1.42. The third-order valence-corrected chi connectivity index (χ3v) is 1.98. The van der Waals surface area contributed by atoms with E-state index in [4.69, 9.17) is 10.8 Å². The monoisotopic (exact) mass is 255 g/mol. The minimum atomic E-state index is -1.46. The number of primary amides is 1. The molecule has 2 amide bonds. The molecule has 7 nitrogen and oxygen atoms in total. The zero-order valence-electron chi connectivity index (χ0n) is 9.09. The van der Waals surface area contributed by atoms with Crippen molar-refractivity contribution in [3.63, 3.8) is 0 Å². The van der Waals surface area contributed by atoms with Gasteiger partial charge in [-0.3, -0.25) is 14.6 Å². The summed E-state index contributed by atoms with van der Waals surface area (Å²) in [4.78, 5) is 36.4. The Morgan fingerprint density at radius 3 is 2.61 bits per heavy atom. The predicted octanol–water partition coefficient (Wildman–Crippen LogP) is -0.721. The van der Waals surface area contributed by atoms with E-state index in [1.54, 1.807) is 0 Å². The highest BCUT2D eigenvalue weighted by Gasteiger charge is 2.22. The summed E-state index contributed by atoms with van der Waals surface area (Å²) in [5.74, 6) is -3.87. The fourth-order valence-corrected chi connectivity index (χ4v) is 1.18. The molecule has 0 spiro atoms. The predicted molar refractivity (Wildman–Crippen MR) is 56.9 cm³/mol. The number of hydrogen-bond donors (Lipinski definition) is 3. The van der Waals surface area contributed by atoms with Gasteiger partial charge >= 0.3 is 5.97 Å². The number of aliphatic carboxylic acids is 1. The van der Waals surface area contributed by atoms with Gasteiger partial charge in [0.2, 0.25) is 5.91 Å². The first-order valence-electron chi connectivity index (χ1n) is 4.82. The van der Waals surface area contributed by atoms with Crippen molar-refractivity contribution in [3.05, 3.63) is 29.8 Å². The van der Waals surface area contributed by atoms with Crippen molar-refractivity contribution >= 4 is 17.8 Å². The van der Waals surface area contributed by atoms with Gasteiger partial charge in [0, 0.05) is 6.20 Å². The first-order valence-corrected chi connectivity index (χ1v) is 4.82. The third kappa shape index (κ3) is 3.81. The third-order valence-electron chi connectivity index (χ3n) is 1.98. The molecule has 0 saturated heterocycles. The van der Waals surface area contributed by atoms with Gasteiger partial charge in [-0.1, -0.05) is 0 Å². The maximum absolute atomic E-state index is 12.8. The number of carboxylic acids is 1. The van der Waals surface area contributed by atoms with Crippen LogP contribution in [0.4, 0.5) is 4.39 Å². The van der Waals surface area contributed by atoms with E-state index >= 15 is 0 Å². The summed E-state index contributed by atoms with van der Waals surface area (Å²) >= 11 is 0. The lowest BCUT2D eigenvalue weighted by Crippen LogP contribution is -2.43. The maximum Gasteiger partial charge on any atom is 0.326 e. The SMILES string of the molecule is NC(=O)C[C@H](NC(=O)c1cncc(F)c1)C(=O)O. The van der Waals surface area contributed by atoms with Crippen LogP contribution in [0.5, 0.6) is 0 Å². The van der Waals surface area contributed by atoms with E-state index in [0.29, 0.717) is 0 Å². The number of nitrogens with two attached hydrogens (primary N) is 1. The molecule has 1 aromatic rings. The van der Waals surface area contributed by atoms with Gasteiger partial charge in [-0.25, -0.2) is 9.18 Å². The largest absolute Gasteiger partial charge is 0.480 e. The van der Waals surface area contributed by atoms with Gasteiger partial charge in [0.15, 0.2) is 0 Å². The molecule has 1 heterocycles. The normalized spacial score (nSPS) is 11.6. The Labute approximate surface area is 101 Å². The average molecular weight is 255 g/mol. The van der Waals surface area contributed by atoms with E-state index in [2.05, 4.69) is 4.98 Å². The first kappa shape index (κ1) is 13.6. The molecule has 4 N–H and O–H groups in total. The number of nitrogens with one attached hydrogen (secondary N) is 1. The number of nitrogens with zero attached hydrogens (tertiary/aromatic N) is 1. The van der Waals surface area contributed by atoms with Crippen LogP contribution in [0, 0.1) is 5.82 Å². The minimum Gasteiger partial charge on any atom is -0.480 e. The fourth-order valence-electron chi connectivity index (χ4n) is 1.18. The fraction of sp³-hybridized carbons (Fsp3) is 0.200. The van der Waals surface area contributed by atoms with Crippen LogP contribution in [0.1, 0.15) is 16.8 Å². The molecule has 1 aromatic heterocycles. The standard InChI is InChI=1S/C10H10FN3O4/c11-6-1-5(3-13-4-6)9(16)14-7(10(17)18)2-8(12)15/h1,3-4,7H,2H2,(H2,12,15)(H,14,16)(H,17,18)/t7-/m0/s1. The number of hydrogen-bond acceptors (Lipinski definition) is 4. The number of carbonyl (C=O) groups is 3. The van der Waals surface area contributed by atoms with Crippen molar-refractivity contribution in [2.24, 2.45) is 5.73 Å². The highest BCUT2D eigenvalue weighted by atomic mass is 19.1. The van der Waals surface area contributed by atoms with Crippen molar-refractivity contribution in [2.45, 2.75) is 12.5 Å². The first-order chi connectivity index (χ1) is 8.40. The second-order valence-electron chi connectivity index (χ2n) is 3.43. The van der Waals surface area contributed by atoms with Gasteiger partial charge in [0.1, 0.15) is 11.9 Å². The van der Waals surface area contributed by atoms with Crippen LogP contribution < -0.4 is 11.1 Å². The van der Waals surface area contributed by atoms with Gasteiger partial charge in [-0.05, 0) is 6.07 Å². The van der Waals surface area contributed by atoms with Crippen LogP contribution in [0.3, 0.4) is 0 Å². The molecule has 0 radical (unpaired) electrons. The Kier molecular flexibility index (Phi) is 4.30. The number of carboxylic acid groups (broad SMARTS) is 1. The lowest BCUT2D eigenvalue weighted by atomic mass is 10.2. The summed E-state index contributed by atoms with van der Waals surface area (Å²) in [5.41, 5.74) is 4.70. The van der Waals surface area contributed by atoms with Crippen molar-refractivity contribution < 1.29 is 23.9 Å². The Morgan fingerprint density at radius 1 is 1.44 bits per heavy atom. The molecule has 0 unspecified atom stereocenters. The van der Waals surface area contributed by atoms with Gasteiger partial charge in [-0.2, -0.15) is 0 Å². The van der Waals surface area contributed by atoms with Gasteiger partial charge in [0.25, 0.3) is 5.91 Å². The summed E-state index contributed by atoms with van der Waals surface area (Å²) in [6, 6.07) is -0.566. The van der Waals surface area contributed by atoms with Crippen LogP contribution in [-0.4, -0.2) is 33.9 Å². The summed E-state index contributed by atoms with van der Waals surface area (Å²) < 4.78 is 12.8. The molecule has 0 aliphatic rings. The Morgan fingerprint density at radius 2 is 2.11 bits per heavy atom. The number of amides is 2. The molecule has 0 fully saturated rings. The summed E-state index contributed by atoms with van der Waals surface area (Å²) in [7, 11) is 0. The Bertz CT molecular complexity index is 492. The molecule has 1 atom stereocenters. The molecular formula is C10H10FN3O4. The number of rotatable bonds is 5. The van der Waals surface area contributed by atoms with Crippen LogP contribution >= 0.6 is 0 Å². The van der Waals surface area contributed by atoms with Crippen molar-refractivity contribution in [1.82, 2.24) is 10.3 Å². The summed E-state index contributed by atoms with van der Waals surface area (Å²) in [6.45, 7) is 0. The van der Waals surface area contributed by atoms with E-state index < -0.39 is 36.1 Å². The highest BCUT2D eigenvalue weighted by Crippen LogP contribution is 2.02. The average Bonchev–Trinajstić information content (AvgIpc) is 2.27. The molecular weight excluding hydrogens is 245 g/mol. The molecule has 0 saturated carbocycles. The van der Waals surface area contributed by atoms with Gasteiger partial charge in [-0.15, -0.1) is 0 Å². The molecule has 0 aromatic carbocycles. The van der Waals surface area contributed by atoms with Gasteiger partial charge in [0.05, 0.1) is 18.2 Å². The minimum absolute atomic E-state index is 0.147. The zero-order valence-corrected chi connectivity index (χ0v) is 9.09. The van der Waals surface area contributed by atoms with E-state index in [0.717, 1.165) is 18.5 Å². The van der Waals surface area contributed by atoms with Gasteiger partial charge < -0.3 is 16.2 Å². The number of carbonyl (C=O) groups excluding carboxylic acids is 2. The smallest absolute Gasteiger partial charge is 0.326 e. The number of pyridine rings is 1. The molecule has 8 heteroatoms. The van der Waals surface area contributed by atoms with Crippen LogP contribution in [0.15, 0.2) is 18.5 Å². The maximum atomic E-state index is 12.8. The van der Waals surface area contributed by atoms with E-state index in [-0.39, 0.29) is 5.56 Å². The topological polar surface area (TPSA) is 122 Å². The molecule has 0 bridgehead atoms. The number of aromatic nitrogens is 1. The van der Waals surface area contributed by atoms with E-state index in [9.17, 15) is 18.8 Å². The quantitative estimate of drug-likeness (QED) is 0.640. The lowest BCUT2D eigenvalue weighted by Gasteiger charge is -2.12. The Balaban J connectivity index is 2.78. The van der Waals surface area contributed by atoms with E-state index in [1.165, 1.54) is 0 Å². The summed E-state index contributed by atoms with van der Waals surface area (Å²) in [5, 5.41) is 10.8. The van der Waals surface area contributed by atoms with E-state index in [1.807, 2.05) is 5.32 Å².